The van der Waals surface area contributed by atoms with Gasteiger partial charge in [0.1, 0.15) is 0 Å². The fourth-order valence-corrected chi connectivity index (χ4v) is 5.50. The maximum Gasteiger partial charge on any atom is 0.261 e. The zero-order chi connectivity index (χ0) is 20.2. The lowest BCUT2D eigenvalue weighted by atomic mass is 10.2. The summed E-state index contributed by atoms with van der Waals surface area (Å²) in [5.74, 6) is 0.00935. The fourth-order valence-electron chi connectivity index (χ4n) is 3.34. The van der Waals surface area contributed by atoms with E-state index in [1.54, 1.807) is 11.3 Å². The molecule has 1 aromatic heterocycles. The van der Waals surface area contributed by atoms with Gasteiger partial charge in [0, 0.05) is 34.2 Å². The van der Waals surface area contributed by atoms with Gasteiger partial charge in [-0.3, -0.25) is 14.6 Å². The third-order valence-electron chi connectivity index (χ3n) is 4.88. The molecule has 1 aliphatic heterocycles. The van der Waals surface area contributed by atoms with Crippen LogP contribution in [0.5, 0.6) is 0 Å². The average Bonchev–Trinajstić information content (AvgIpc) is 3.14. The van der Waals surface area contributed by atoms with Gasteiger partial charge in [-0.05, 0) is 59.3 Å². The number of carbonyl (C=O) groups is 1. The molecule has 152 valence electrons. The Hall–Kier alpha value is -1.07. The summed E-state index contributed by atoms with van der Waals surface area (Å²) in [4.78, 5) is 22.4. The molecule has 2 heterocycles. The number of rotatable bonds is 6. The third-order valence-corrected chi connectivity index (χ3v) is 7.35. The van der Waals surface area contributed by atoms with Gasteiger partial charge in [-0.2, -0.15) is 0 Å². The summed E-state index contributed by atoms with van der Waals surface area (Å²) >= 11 is 7.31. The summed E-state index contributed by atoms with van der Waals surface area (Å²) < 4.78 is 8.47. The van der Waals surface area contributed by atoms with E-state index >= 15 is 0 Å². The lowest BCUT2D eigenvalue weighted by Crippen LogP contribution is -2.39. The van der Waals surface area contributed by atoms with Crippen LogP contribution in [0, 0.1) is 3.57 Å². The maximum absolute atomic E-state index is 13.4. The van der Waals surface area contributed by atoms with Gasteiger partial charge in [0.25, 0.3) is 5.91 Å². The number of anilines is 1. The highest BCUT2D eigenvalue weighted by atomic mass is 127. The number of nitrogens with zero attached hydrogens (tertiary/aromatic N) is 3. The third kappa shape index (κ3) is 5.16. The molecule has 0 N–H and O–H groups in total. The Kier molecular flexibility index (Phi) is 7.17. The Labute approximate surface area is 196 Å². The van der Waals surface area contributed by atoms with E-state index in [2.05, 4.69) is 49.5 Å². The highest BCUT2D eigenvalue weighted by Gasteiger charge is 2.23. The van der Waals surface area contributed by atoms with E-state index in [9.17, 15) is 4.79 Å². The van der Waals surface area contributed by atoms with Crippen molar-refractivity contribution < 1.29 is 9.53 Å². The molecule has 29 heavy (non-hydrogen) atoms. The molecule has 0 atom stereocenters. The van der Waals surface area contributed by atoms with E-state index in [4.69, 9.17) is 9.72 Å². The minimum absolute atomic E-state index is 0.00935. The monoisotopic (exact) mass is 585 g/mol. The van der Waals surface area contributed by atoms with Crippen LogP contribution in [0.25, 0.3) is 10.2 Å². The molecular weight excluding hydrogens is 565 g/mol. The van der Waals surface area contributed by atoms with Crippen LogP contribution < -0.4 is 4.90 Å². The first-order valence-electron chi connectivity index (χ1n) is 9.54. The van der Waals surface area contributed by atoms with E-state index in [-0.39, 0.29) is 5.91 Å². The fraction of sp³-hybridized carbons (Fsp3) is 0.333. The first-order chi connectivity index (χ1) is 14.1. The predicted molar refractivity (Wildman–Crippen MR) is 130 cm³/mol. The number of hydrogen-bond acceptors (Lipinski definition) is 5. The number of amides is 1. The number of halogens is 2. The predicted octanol–water partition coefficient (Wildman–Crippen LogP) is 5.03. The van der Waals surface area contributed by atoms with Crippen LogP contribution in [0.4, 0.5) is 5.13 Å². The van der Waals surface area contributed by atoms with E-state index in [0.29, 0.717) is 6.54 Å². The Morgan fingerprint density at radius 2 is 2.03 bits per heavy atom. The maximum atomic E-state index is 13.4. The van der Waals surface area contributed by atoms with E-state index in [0.717, 1.165) is 68.2 Å². The highest BCUT2D eigenvalue weighted by Crippen LogP contribution is 2.32. The molecule has 2 aromatic carbocycles. The first kappa shape index (κ1) is 21.2. The second kappa shape index (κ2) is 9.82. The summed E-state index contributed by atoms with van der Waals surface area (Å²) in [5, 5.41) is 0.754. The number of hydrogen-bond donors (Lipinski definition) is 0. The Morgan fingerprint density at radius 1 is 1.24 bits per heavy atom. The van der Waals surface area contributed by atoms with Gasteiger partial charge in [0.2, 0.25) is 0 Å². The van der Waals surface area contributed by atoms with E-state index < -0.39 is 0 Å². The SMILES string of the molecule is O=C(c1ccccc1I)N(CCCN1CCOCC1)c1nc2ccc(Br)cc2s1. The smallest absolute Gasteiger partial charge is 0.261 e. The number of morpholine rings is 1. The Bertz CT molecular complexity index is 1010. The van der Waals surface area contributed by atoms with Gasteiger partial charge in [-0.1, -0.05) is 39.4 Å². The van der Waals surface area contributed by atoms with Crippen molar-refractivity contribution in [1.82, 2.24) is 9.88 Å². The van der Waals surface area contributed by atoms with Crippen LogP contribution in [0.1, 0.15) is 16.8 Å². The molecule has 0 bridgehead atoms. The molecule has 8 heteroatoms. The number of thiazole rings is 1. The normalized spacial score (nSPS) is 15.0. The van der Waals surface area contributed by atoms with Gasteiger partial charge in [-0.25, -0.2) is 4.98 Å². The number of ether oxygens (including phenoxy) is 1. The van der Waals surface area contributed by atoms with Crippen molar-refractivity contribution in [2.75, 3.05) is 44.3 Å². The van der Waals surface area contributed by atoms with Crippen LogP contribution in [0.15, 0.2) is 46.9 Å². The van der Waals surface area contributed by atoms with Crippen molar-refractivity contribution in [2.45, 2.75) is 6.42 Å². The molecule has 0 spiro atoms. The average molecular weight is 586 g/mol. The first-order valence-corrected chi connectivity index (χ1v) is 12.2. The van der Waals surface area contributed by atoms with E-state index in [1.165, 1.54) is 0 Å². The standard InChI is InChI=1S/C21H21BrIN3O2S/c22-15-6-7-18-19(14-15)29-21(24-18)26(9-3-8-25-10-12-28-13-11-25)20(27)16-4-1-2-5-17(16)23/h1-2,4-7,14H,3,8-13H2. The molecule has 4 rings (SSSR count). The van der Waals surface area contributed by atoms with Gasteiger partial charge >= 0.3 is 0 Å². The largest absolute Gasteiger partial charge is 0.379 e. The van der Waals surface area contributed by atoms with Gasteiger partial charge in [-0.15, -0.1) is 0 Å². The summed E-state index contributed by atoms with van der Waals surface area (Å²) in [7, 11) is 0. The molecule has 1 amide bonds. The lowest BCUT2D eigenvalue weighted by molar-refractivity contribution is 0.0376. The van der Waals surface area contributed by atoms with E-state index in [1.807, 2.05) is 41.3 Å². The van der Waals surface area contributed by atoms with Crippen LogP contribution in [0.3, 0.4) is 0 Å². The van der Waals surface area contributed by atoms with Crippen molar-refractivity contribution in [3.8, 4) is 0 Å². The van der Waals surface area contributed by atoms with Crippen LogP contribution in [-0.2, 0) is 4.74 Å². The summed E-state index contributed by atoms with van der Waals surface area (Å²) in [6.45, 7) is 5.09. The van der Waals surface area contributed by atoms with Crippen molar-refractivity contribution in [2.24, 2.45) is 0 Å². The number of carbonyl (C=O) groups excluding carboxylic acids is 1. The van der Waals surface area contributed by atoms with Crippen LogP contribution >= 0.6 is 49.9 Å². The van der Waals surface area contributed by atoms with Crippen LogP contribution in [0.2, 0.25) is 0 Å². The zero-order valence-corrected chi connectivity index (χ0v) is 20.4. The molecule has 1 fully saturated rings. The molecule has 1 saturated heterocycles. The second-order valence-electron chi connectivity index (χ2n) is 6.85. The molecule has 0 unspecified atom stereocenters. The minimum atomic E-state index is 0.00935. The Balaban J connectivity index is 1.58. The zero-order valence-electron chi connectivity index (χ0n) is 15.8. The number of aromatic nitrogens is 1. The van der Waals surface area contributed by atoms with Crippen molar-refractivity contribution in [1.29, 1.82) is 0 Å². The van der Waals surface area contributed by atoms with Gasteiger partial charge in [0.15, 0.2) is 5.13 Å². The van der Waals surface area contributed by atoms with Gasteiger partial charge < -0.3 is 4.74 Å². The number of benzene rings is 2. The second-order valence-corrected chi connectivity index (χ2v) is 9.94. The molecular formula is C21H21BrIN3O2S. The molecule has 0 radical (unpaired) electrons. The summed E-state index contributed by atoms with van der Waals surface area (Å²) in [5.41, 5.74) is 1.64. The lowest BCUT2D eigenvalue weighted by Gasteiger charge is -2.27. The minimum Gasteiger partial charge on any atom is -0.379 e. The van der Waals surface area contributed by atoms with Crippen LogP contribution in [-0.4, -0.2) is 55.2 Å². The quantitative estimate of drug-likeness (QED) is 0.381. The molecule has 3 aromatic rings. The molecule has 5 nitrogen and oxygen atoms in total. The Morgan fingerprint density at radius 3 is 2.83 bits per heavy atom. The molecule has 0 saturated carbocycles. The topological polar surface area (TPSA) is 45.7 Å². The summed E-state index contributed by atoms with van der Waals surface area (Å²) in [6.07, 6.45) is 0.898. The van der Waals surface area contributed by atoms with Crippen molar-refractivity contribution in [3.05, 3.63) is 56.1 Å². The summed E-state index contributed by atoms with van der Waals surface area (Å²) in [6, 6.07) is 13.8. The number of fused-ring (bicyclic) bond motifs is 1. The molecule has 0 aliphatic carbocycles. The molecule has 1 aliphatic rings. The highest BCUT2D eigenvalue weighted by molar-refractivity contribution is 14.1. The van der Waals surface area contributed by atoms with Crippen molar-refractivity contribution >= 4 is 71.1 Å². The van der Waals surface area contributed by atoms with Gasteiger partial charge in [0.05, 0.1) is 29.0 Å². The van der Waals surface area contributed by atoms with Crippen molar-refractivity contribution in [3.63, 3.8) is 0 Å².